The van der Waals surface area contributed by atoms with Gasteiger partial charge in [0.25, 0.3) is 5.56 Å². The summed E-state index contributed by atoms with van der Waals surface area (Å²) in [6.07, 6.45) is 1.84. The zero-order valence-corrected chi connectivity index (χ0v) is 16.7. The minimum atomic E-state index is -0.434. The monoisotopic (exact) mass is 401 g/mol. The quantitative estimate of drug-likeness (QED) is 0.492. The maximum atomic E-state index is 12.9. The standard InChI is InChI=1S/C22H19N5O3/c1-13-7-9-14(10-8-13)17-12-26-18-19(24(2)22(30)25(3)20(18)29)23-21(26)27(17)15-5-4-6-16(28)11-15/h4-12,28H,1-3H3. The van der Waals surface area contributed by atoms with E-state index < -0.39 is 11.2 Å². The molecule has 2 aromatic carbocycles. The van der Waals surface area contributed by atoms with Gasteiger partial charge in [-0.2, -0.15) is 4.98 Å². The third-order valence-electron chi connectivity index (χ3n) is 5.40. The maximum absolute atomic E-state index is 12.9. The molecule has 5 rings (SSSR count). The lowest BCUT2D eigenvalue weighted by atomic mass is 10.1. The lowest BCUT2D eigenvalue weighted by Gasteiger charge is -2.10. The number of phenols is 1. The first-order valence-corrected chi connectivity index (χ1v) is 9.43. The smallest absolute Gasteiger partial charge is 0.332 e. The summed E-state index contributed by atoms with van der Waals surface area (Å²) in [4.78, 5) is 29.9. The Balaban J connectivity index is 1.97. The molecule has 0 saturated heterocycles. The molecule has 3 heterocycles. The SMILES string of the molecule is Cc1ccc(-c2cn3c4c(=O)n(C)c(=O)n(C)c4nc3n2-c2cccc(O)c2)cc1. The van der Waals surface area contributed by atoms with E-state index in [0.29, 0.717) is 22.6 Å². The van der Waals surface area contributed by atoms with Crippen LogP contribution in [0.4, 0.5) is 0 Å². The number of hydrogen-bond donors (Lipinski definition) is 1. The van der Waals surface area contributed by atoms with Gasteiger partial charge in [0.15, 0.2) is 11.2 Å². The highest BCUT2D eigenvalue weighted by Crippen LogP contribution is 2.30. The van der Waals surface area contributed by atoms with Crippen LogP contribution in [0.15, 0.2) is 64.3 Å². The molecule has 0 radical (unpaired) electrons. The van der Waals surface area contributed by atoms with Gasteiger partial charge in [0.1, 0.15) is 5.75 Å². The normalized spacial score (nSPS) is 11.6. The molecule has 0 aliphatic rings. The Labute approximate surface area is 170 Å². The predicted molar refractivity (Wildman–Crippen MR) is 114 cm³/mol. The molecule has 150 valence electrons. The van der Waals surface area contributed by atoms with Crippen molar-refractivity contribution >= 4 is 16.9 Å². The van der Waals surface area contributed by atoms with Crippen LogP contribution in [0.3, 0.4) is 0 Å². The second-order valence-electron chi connectivity index (χ2n) is 7.40. The van der Waals surface area contributed by atoms with Crippen molar-refractivity contribution in [2.45, 2.75) is 6.92 Å². The molecular weight excluding hydrogens is 382 g/mol. The molecule has 0 fully saturated rings. The van der Waals surface area contributed by atoms with E-state index in [1.807, 2.05) is 48.0 Å². The summed E-state index contributed by atoms with van der Waals surface area (Å²) in [5.41, 5.74) is 3.35. The first-order valence-electron chi connectivity index (χ1n) is 9.43. The third kappa shape index (κ3) is 2.43. The van der Waals surface area contributed by atoms with E-state index in [1.165, 1.54) is 11.6 Å². The van der Waals surface area contributed by atoms with Crippen molar-refractivity contribution in [2.24, 2.45) is 14.1 Å². The number of phenolic OH excluding ortho intramolecular Hbond substituents is 1. The first-order chi connectivity index (χ1) is 14.4. The number of nitrogens with zero attached hydrogens (tertiary/aromatic N) is 5. The van der Waals surface area contributed by atoms with E-state index in [2.05, 4.69) is 4.98 Å². The van der Waals surface area contributed by atoms with E-state index in [0.717, 1.165) is 21.4 Å². The van der Waals surface area contributed by atoms with E-state index in [1.54, 1.807) is 29.6 Å². The Morgan fingerprint density at radius 2 is 1.70 bits per heavy atom. The average molecular weight is 401 g/mol. The fourth-order valence-electron chi connectivity index (χ4n) is 3.79. The van der Waals surface area contributed by atoms with Crippen LogP contribution < -0.4 is 11.2 Å². The average Bonchev–Trinajstić information content (AvgIpc) is 3.27. The zero-order chi connectivity index (χ0) is 21.2. The van der Waals surface area contributed by atoms with Crippen molar-refractivity contribution in [1.29, 1.82) is 0 Å². The highest BCUT2D eigenvalue weighted by molar-refractivity contribution is 5.79. The molecule has 0 unspecified atom stereocenters. The summed E-state index contributed by atoms with van der Waals surface area (Å²) in [6.45, 7) is 2.02. The van der Waals surface area contributed by atoms with Crippen LogP contribution in [0.5, 0.6) is 5.75 Å². The number of imidazole rings is 2. The van der Waals surface area contributed by atoms with Crippen LogP contribution in [-0.4, -0.2) is 28.2 Å². The molecule has 0 bridgehead atoms. The van der Waals surface area contributed by atoms with Crippen LogP contribution in [0.2, 0.25) is 0 Å². The Morgan fingerprint density at radius 3 is 2.40 bits per heavy atom. The largest absolute Gasteiger partial charge is 0.508 e. The summed E-state index contributed by atoms with van der Waals surface area (Å²) in [5, 5.41) is 10.0. The van der Waals surface area contributed by atoms with E-state index in [4.69, 9.17) is 0 Å². The van der Waals surface area contributed by atoms with Gasteiger partial charge in [-0.25, -0.2) is 4.79 Å². The summed E-state index contributed by atoms with van der Waals surface area (Å²) in [6, 6.07) is 14.9. The molecular formula is C22H19N5O3. The van der Waals surface area contributed by atoms with Gasteiger partial charge >= 0.3 is 5.69 Å². The topological polar surface area (TPSA) is 86.5 Å². The fourth-order valence-corrected chi connectivity index (χ4v) is 3.79. The van der Waals surface area contributed by atoms with Crippen molar-refractivity contribution in [3.8, 4) is 22.7 Å². The van der Waals surface area contributed by atoms with Gasteiger partial charge in [0.05, 0.1) is 11.4 Å². The highest BCUT2D eigenvalue weighted by atomic mass is 16.3. The van der Waals surface area contributed by atoms with E-state index in [9.17, 15) is 14.7 Å². The Hall–Kier alpha value is -4.07. The van der Waals surface area contributed by atoms with E-state index >= 15 is 0 Å². The molecule has 8 heteroatoms. The van der Waals surface area contributed by atoms with Crippen LogP contribution in [0.25, 0.3) is 33.9 Å². The van der Waals surface area contributed by atoms with Gasteiger partial charge in [-0.1, -0.05) is 35.9 Å². The molecule has 0 aliphatic carbocycles. The summed E-state index contributed by atoms with van der Waals surface area (Å²) in [7, 11) is 3.05. The number of rotatable bonds is 2. The molecule has 3 aromatic heterocycles. The maximum Gasteiger partial charge on any atom is 0.332 e. The molecule has 0 aliphatic heterocycles. The highest BCUT2D eigenvalue weighted by Gasteiger charge is 2.21. The molecule has 0 spiro atoms. The summed E-state index contributed by atoms with van der Waals surface area (Å²) >= 11 is 0. The fraction of sp³-hybridized carbons (Fsp3) is 0.136. The minimum Gasteiger partial charge on any atom is -0.508 e. The molecule has 0 saturated carbocycles. The number of aromatic nitrogens is 5. The molecule has 0 atom stereocenters. The van der Waals surface area contributed by atoms with Gasteiger partial charge in [-0.3, -0.25) is 22.9 Å². The molecule has 0 amide bonds. The van der Waals surface area contributed by atoms with Crippen molar-refractivity contribution < 1.29 is 5.11 Å². The lowest BCUT2D eigenvalue weighted by molar-refractivity contribution is 0.475. The number of fused-ring (bicyclic) bond motifs is 3. The first kappa shape index (κ1) is 18.0. The van der Waals surface area contributed by atoms with Gasteiger partial charge in [0.2, 0.25) is 5.78 Å². The third-order valence-corrected chi connectivity index (χ3v) is 5.40. The number of benzene rings is 2. The number of hydrogen-bond acceptors (Lipinski definition) is 4. The molecule has 5 aromatic rings. The number of aromatic hydroxyl groups is 1. The second kappa shape index (κ2) is 6.21. The second-order valence-corrected chi connectivity index (χ2v) is 7.40. The Morgan fingerprint density at radius 1 is 0.967 bits per heavy atom. The van der Waals surface area contributed by atoms with Crippen LogP contribution >= 0.6 is 0 Å². The van der Waals surface area contributed by atoms with E-state index in [-0.39, 0.29) is 5.75 Å². The lowest BCUT2D eigenvalue weighted by Crippen LogP contribution is -2.37. The van der Waals surface area contributed by atoms with Crippen LogP contribution in [0.1, 0.15) is 5.56 Å². The predicted octanol–water partition coefficient (Wildman–Crippen LogP) is 2.36. The summed E-state index contributed by atoms with van der Waals surface area (Å²) in [5.74, 6) is 0.595. The van der Waals surface area contributed by atoms with Crippen LogP contribution in [0, 0.1) is 6.92 Å². The molecule has 8 nitrogen and oxygen atoms in total. The zero-order valence-electron chi connectivity index (χ0n) is 16.7. The Kier molecular flexibility index (Phi) is 3.73. The summed E-state index contributed by atoms with van der Waals surface area (Å²) < 4.78 is 6.01. The van der Waals surface area contributed by atoms with Crippen molar-refractivity contribution in [2.75, 3.05) is 0 Å². The Bertz CT molecular complexity index is 1570. The molecule has 1 N–H and O–H groups in total. The number of aryl methyl sites for hydroxylation is 2. The molecule has 30 heavy (non-hydrogen) atoms. The minimum absolute atomic E-state index is 0.119. The van der Waals surface area contributed by atoms with Gasteiger partial charge in [-0.05, 0) is 19.1 Å². The van der Waals surface area contributed by atoms with Gasteiger partial charge in [0, 0.05) is 31.9 Å². The van der Waals surface area contributed by atoms with Crippen LogP contribution in [-0.2, 0) is 14.1 Å². The van der Waals surface area contributed by atoms with Gasteiger partial charge in [-0.15, -0.1) is 0 Å². The van der Waals surface area contributed by atoms with Gasteiger partial charge < -0.3 is 5.11 Å². The van der Waals surface area contributed by atoms with Crippen molar-refractivity contribution in [3.63, 3.8) is 0 Å². The van der Waals surface area contributed by atoms with Crippen molar-refractivity contribution in [1.82, 2.24) is 23.1 Å². The van der Waals surface area contributed by atoms with Crippen molar-refractivity contribution in [3.05, 3.63) is 81.1 Å².